The standard InChI is InChI=1S/C24H38FN3O4/c1-23(2,3)20(26)21(29)27-12-11-17-19(27)18(13-28(17)22(30)32-24(4,5)6)31-14-15-7-9-16(25)10-8-15/h7-10,17-21,29H,11-14,26H2,1-6H3/t17-,18+,19+,20-,21?/m1/s1. The number of nitrogens with two attached hydrogens (primary N) is 1. The lowest BCUT2D eigenvalue weighted by atomic mass is 9.85. The molecule has 1 aromatic rings. The van der Waals surface area contributed by atoms with Gasteiger partial charge in [0.15, 0.2) is 0 Å². The van der Waals surface area contributed by atoms with Crippen molar-refractivity contribution in [1.29, 1.82) is 0 Å². The summed E-state index contributed by atoms with van der Waals surface area (Å²) in [6, 6.07) is 5.37. The molecule has 1 unspecified atom stereocenters. The summed E-state index contributed by atoms with van der Waals surface area (Å²) in [4.78, 5) is 16.6. The molecule has 2 aliphatic heterocycles. The van der Waals surface area contributed by atoms with Crippen LogP contribution in [0.15, 0.2) is 24.3 Å². The molecule has 0 spiro atoms. The minimum absolute atomic E-state index is 0.134. The van der Waals surface area contributed by atoms with Gasteiger partial charge in [-0.1, -0.05) is 32.9 Å². The molecule has 0 aromatic heterocycles. The summed E-state index contributed by atoms with van der Waals surface area (Å²) < 4.78 is 25.1. The van der Waals surface area contributed by atoms with Crippen molar-refractivity contribution in [3.8, 4) is 0 Å². The molecule has 2 aliphatic rings. The summed E-state index contributed by atoms with van der Waals surface area (Å²) in [5.74, 6) is -0.299. The number of rotatable bonds is 5. The van der Waals surface area contributed by atoms with E-state index >= 15 is 0 Å². The van der Waals surface area contributed by atoms with E-state index in [1.807, 2.05) is 46.4 Å². The number of carbonyl (C=O) groups excluding carboxylic acids is 1. The van der Waals surface area contributed by atoms with Crippen molar-refractivity contribution >= 4 is 6.09 Å². The number of aliphatic hydroxyl groups excluding tert-OH is 1. The molecular weight excluding hydrogens is 413 g/mol. The van der Waals surface area contributed by atoms with Gasteiger partial charge in [0.2, 0.25) is 0 Å². The first-order valence-electron chi connectivity index (χ1n) is 11.3. The molecule has 180 valence electrons. The minimum atomic E-state index is -0.861. The van der Waals surface area contributed by atoms with Crippen molar-refractivity contribution in [2.45, 2.75) is 90.6 Å². The molecule has 7 nitrogen and oxygen atoms in total. The first-order valence-corrected chi connectivity index (χ1v) is 11.3. The van der Waals surface area contributed by atoms with Crippen LogP contribution in [0.1, 0.15) is 53.5 Å². The predicted octanol–water partition coefficient (Wildman–Crippen LogP) is 3.10. The van der Waals surface area contributed by atoms with Gasteiger partial charge in [-0.25, -0.2) is 9.18 Å². The Morgan fingerprint density at radius 2 is 1.84 bits per heavy atom. The fourth-order valence-corrected chi connectivity index (χ4v) is 4.49. The van der Waals surface area contributed by atoms with Crippen molar-refractivity contribution in [3.63, 3.8) is 0 Å². The first kappa shape index (κ1) is 24.9. The monoisotopic (exact) mass is 451 g/mol. The molecule has 5 atom stereocenters. The van der Waals surface area contributed by atoms with E-state index in [1.54, 1.807) is 17.0 Å². The molecule has 0 aliphatic carbocycles. The van der Waals surface area contributed by atoms with E-state index in [0.717, 1.165) is 5.56 Å². The van der Waals surface area contributed by atoms with Gasteiger partial charge in [-0.3, -0.25) is 4.90 Å². The van der Waals surface area contributed by atoms with Gasteiger partial charge < -0.3 is 25.2 Å². The Kier molecular flexibility index (Phi) is 7.20. The molecule has 3 N–H and O–H groups in total. The highest BCUT2D eigenvalue weighted by Crippen LogP contribution is 2.37. The average molecular weight is 452 g/mol. The number of hydrogen-bond donors (Lipinski definition) is 2. The van der Waals surface area contributed by atoms with Gasteiger partial charge in [-0.15, -0.1) is 0 Å². The van der Waals surface area contributed by atoms with Crippen LogP contribution < -0.4 is 5.73 Å². The maximum Gasteiger partial charge on any atom is 0.410 e. The maximum atomic E-state index is 13.2. The van der Waals surface area contributed by atoms with Gasteiger partial charge >= 0.3 is 6.09 Å². The lowest BCUT2D eigenvalue weighted by Crippen LogP contribution is -2.57. The van der Waals surface area contributed by atoms with Crippen LogP contribution in [0, 0.1) is 11.2 Å². The normalized spacial score (nSPS) is 26.2. The fourth-order valence-electron chi connectivity index (χ4n) is 4.49. The van der Waals surface area contributed by atoms with Crippen LogP contribution in [-0.2, 0) is 16.1 Å². The highest BCUT2D eigenvalue weighted by atomic mass is 19.1. The number of fused-ring (bicyclic) bond motifs is 1. The third kappa shape index (κ3) is 5.60. The third-order valence-electron chi connectivity index (χ3n) is 6.28. The topological polar surface area (TPSA) is 88.3 Å². The Morgan fingerprint density at radius 1 is 1.22 bits per heavy atom. The molecule has 3 rings (SSSR count). The highest BCUT2D eigenvalue weighted by Gasteiger charge is 2.54. The van der Waals surface area contributed by atoms with Crippen LogP contribution in [0.4, 0.5) is 9.18 Å². The molecule has 32 heavy (non-hydrogen) atoms. The quantitative estimate of drug-likeness (QED) is 0.715. The Morgan fingerprint density at radius 3 is 2.41 bits per heavy atom. The number of hydrogen-bond acceptors (Lipinski definition) is 6. The van der Waals surface area contributed by atoms with E-state index in [1.165, 1.54) is 12.1 Å². The summed E-state index contributed by atoms with van der Waals surface area (Å²) in [5.41, 5.74) is 6.34. The molecule has 2 heterocycles. The van der Waals surface area contributed by atoms with Gasteiger partial charge in [-0.2, -0.15) is 0 Å². The van der Waals surface area contributed by atoms with E-state index in [4.69, 9.17) is 15.2 Å². The Bertz CT molecular complexity index is 790. The zero-order chi connectivity index (χ0) is 23.8. The molecule has 1 amide bonds. The second-order valence-corrected chi connectivity index (χ2v) is 11.0. The third-order valence-corrected chi connectivity index (χ3v) is 6.28. The smallest absolute Gasteiger partial charge is 0.410 e. The molecule has 0 saturated carbocycles. The van der Waals surface area contributed by atoms with E-state index in [9.17, 15) is 14.3 Å². The van der Waals surface area contributed by atoms with Crippen LogP contribution in [0.3, 0.4) is 0 Å². The predicted molar refractivity (Wildman–Crippen MR) is 120 cm³/mol. The van der Waals surface area contributed by atoms with Gasteiger partial charge in [-0.05, 0) is 50.3 Å². The van der Waals surface area contributed by atoms with E-state index < -0.39 is 17.9 Å². The van der Waals surface area contributed by atoms with Crippen molar-refractivity contribution in [3.05, 3.63) is 35.6 Å². The van der Waals surface area contributed by atoms with Crippen LogP contribution in [0.2, 0.25) is 0 Å². The van der Waals surface area contributed by atoms with Crippen LogP contribution in [0.25, 0.3) is 0 Å². The van der Waals surface area contributed by atoms with Crippen molar-refractivity contribution in [1.82, 2.24) is 9.80 Å². The van der Waals surface area contributed by atoms with E-state index in [0.29, 0.717) is 19.5 Å². The molecule has 2 fully saturated rings. The number of nitrogens with zero attached hydrogens (tertiary/aromatic N) is 2. The van der Waals surface area contributed by atoms with Gasteiger partial charge in [0.25, 0.3) is 0 Å². The average Bonchev–Trinajstić information content (AvgIpc) is 3.25. The fraction of sp³-hybridized carbons (Fsp3) is 0.708. The van der Waals surface area contributed by atoms with E-state index in [-0.39, 0.29) is 42.1 Å². The SMILES string of the molecule is CC(C)(C)OC(=O)N1C[C@H](OCc2ccc(F)cc2)[C@@H]2[C@H]1CCN2C(O)[C@@H](N)C(C)(C)C. The minimum Gasteiger partial charge on any atom is -0.444 e. The summed E-state index contributed by atoms with van der Waals surface area (Å²) in [6.07, 6.45) is -0.868. The number of aliphatic hydroxyl groups is 1. The van der Waals surface area contributed by atoms with Crippen LogP contribution >= 0.6 is 0 Å². The number of ether oxygens (including phenoxy) is 2. The zero-order valence-corrected chi connectivity index (χ0v) is 20.0. The summed E-state index contributed by atoms with van der Waals surface area (Å²) in [5, 5.41) is 11.1. The summed E-state index contributed by atoms with van der Waals surface area (Å²) in [7, 11) is 0. The van der Waals surface area contributed by atoms with Gasteiger partial charge in [0.1, 0.15) is 17.6 Å². The number of benzene rings is 1. The maximum absolute atomic E-state index is 13.2. The second-order valence-electron chi connectivity index (χ2n) is 11.0. The van der Waals surface area contributed by atoms with Crippen molar-refractivity contribution < 1.29 is 23.8 Å². The number of halogens is 1. The van der Waals surface area contributed by atoms with Gasteiger partial charge in [0, 0.05) is 12.6 Å². The summed E-state index contributed by atoms with van der Waals surface area (Å²) >= 11 is 0. The van der Waals surface area contributed by atoms with Crippen LogP contribution in [0.5, 0.6) is 0 Å². The van der Waals surface area contributed by atoms with Gasteiger partial charge in [0.05, 0.1) is 31.3 Å². The largest absolute Gasteiger partial charge is 0.444 e. The number of likely N-dealkylation sites (tertiary alicyclic amines) is 2. The number of amides is 1. The second kappa shape index (κ2) is 9.25. The molecule has 0 bridgehead atoms. The molecular formula is C24H38FN3O4. The Hall–Kier alpha value is -1.74. The lowest BCUT2D eigenvalue weighted by molar-refractivity contribution is -0.0810. The highest BCUT2D eigenvalue weighted by molar-refractivity contribution is 5.69. The molecule has 8 heteroatoms. The number of carbonyl (C=O) groups is 1. The lowest BCUT2D eigenvalue weighted by Gasteiger charge is -2.39. The first-order chi connectivity index (χ1) is 14.8. The summed E-state index contributed by atoms with van der Waals surface area (Å²) in [6.45, 7) is 12.8. The van der Waals surface area contributed by atoms with Crippen molar-refractivity contribution in [2.75, 3.05) is 13.1 Å². The zero-order valence-electron chi connectivity index (χ0n) is 20.0. The van der Waals surface area contributed by atoms with Crippen molar-refractivity contribution in [2.24, 2.45) is 11.1 Å². The molecule has 2 saturated heterocycles. The molecule has 1 aromatic carbocycles. The van der Waals surface area contributed by atoms with E-state index in [2.05, 4.69) is 0 Å². The molecule has 0 radical (unpaired) electrons. The van der Waals surface area contributed by atoms with Crippen LogP contribution in [-0.4, -0.2) is 70.1 Å². The Balaban J connectivity index is 1.80. The Labute approximate surface area is 190 Å².